The van der Waals surface area contributed by atoms with Crippen LogP contribution in [0.15, 0.2) is 104 Å². The molecule has 0 bridgehead atoms. The molecule has 0 saturated carbocycles. The number of ketones is 1. The summed E-state index contributed by atoms with van der Waals surface area (Å²) >= 11 is 0. The smallest absolute Gasteiger partial charge is 0.411 e. The van der Waals surface area contributed by atoms with Gasteiger partial charge in [0.1, 0.15) is 12.2 Å². The molecule has 55 heavy (non-hydrogen) atoms. The number of esters is 1. The minimum Gasteiger partial charge on any atom is -0.462 e. The third kappa shape index (κ3) is 13.1. The Kier molecular flexibility index (Phi) is 17.7. The van der Waals surface area contributed by atoms with Gasteiger partial charge in [-0.3, -0.25) is 14.9 Å². The monoisotopic (exact) mass is 759 g/mol. The molecule has 13 atom stereocenters. The van der Waals surface area contributed by atoms with E-state index in [-0.39, 0.29) is 41.8 Å². The molecule has 2 aromatic carbocycles. The summed E-state index contributed by atoms with van der Waals surface area (Å²) in [4.78, 5) is 37.9. The molecule has 1 amide bonds. The normalized spacial score (nSPS) is 23.9. The Bertz CT molecular complexity index is 1620. The van der Waals surface area contributed by atoms with E-state index in [0.717, 1.165) is 0 Å². The average molecular weight is 760 g/mol. The Morgan fingerprint density at radius 3 is 2.11 bits per heavy atom. The number of hydrogen-bond acceptors (Lipinski definition) is 9. The lowest BCUT2D eigenvalue weighted by Gasteiger charge is -2.36. The van der Waals surface area contributed by atoms with Crippen LogP contribution in [0.2, 0.25) is 0 Å². The molecule has 10 heteroatoms. The summed E-state index contributed by atoms with van der Waals surface area (Å²) in [5, 5.41) is 46.1. The first-order chi connectivity index (χ1) is 26.0. The molecule has 0 radical (unpaired) electrons. The van der Waals surface area contributed by atoms with E-state index in [1.54, 1.807) is 86.7 Å². The summed E-state index contributed by atoms with van der Waals surface area (Å²) in [5.74, 6) is -2.94. The number of rotatable bonds is 19. The quantitative estimate of drug-likeness (QED) is 0.0429. The van der Waals surface area contributed by atoms with E-state index in [4.69, 9.17) is 9.47 Å². The van der Waals surface area contributed by atoms with Crippen LogP contribution in [0.4, 0.5) is 10.5 Å². The van der Waals surface area contributed by atoms with Gasteiger partial charge in [0.2, 0.25) is 0 Å². The summed E-state index contributed by atoms with van der Waals surface area (Å²) < 4.78 is 11.4. The van der Waals surface area contributed by atoms with E-state index >= 15 is 0 Å². The maximum absolute atomic E-state index is 13.1. The van der Waals surface area contributed by atoms with Crippen molar-refractivity contribution in [2.24, 2.45) is 41.4 Å². The standard InChI is InChI=1S/C45H61NO9/c1-9-10-15-30(5)43(55-45(53)46-36-23-21-35(22-24-36)42(51)34-18-12-11-13-19-34)32(7)40(49)28(3)17-14-16-27(2)39(48)29(4)20-25-37(47)26-38-31(6)41(50)33(8)44(52)54-38/h9-16,18-25,27-33,37-41,43,47-50H,1,17,26H2,2-8H3,(H,46,53)/b15-10-,16-14-,25-20-/t27-,28-,29-,30-,31-,32-,33+,37+,38-,39+,40+,41-,43-/m0/s1. The van der Waals surface area contributed by atoms with Crippen LogP contribution in [0.1, 0.15) is 77.2 Å². The third-order valence-electron chi connectivity index (χ3n) is 10.8. The number of hydrogen-bond donors (Lipinski definition) is 5. The van der Waals surface area contributed by atoms with Crippen molar-refractivity contribution >= 4 is 23.5 Å². The van der Waals surface area contributed by atoms with Crippen molar-refractivity contribution in [1.82, 2.24) is 0 Å². The predicted octanol–water partition coefficient (Wildman–Crippen LogP) is 7.29. The number of allylic oxidation sites excluding steroid dienone is 3. The zero-order chi connectivity index (χ0) is 40.8. The molecule has 0 aliphatic carbocycles. The molecular weight excluding hydrogens is 698 g/mol. The Hall–Kier alpha value is -4.35. The van der Waals surface area contributed by atoms with Crippen molar-refractivity contribution in [1.29, 1.82) is 0 Å². The van der Waals surface area contributed by atoms with Crippen molar-refractivity contribution in [2.75, 3.05) is 5.32 Å². The van der Waals surface area contributed by atoms with Gasteiger partial charge < -0.3 is 29.9 Å². The number of amides is 1. The fourth-order valence-corrected chi connectivity index (χ4v) is 6.92. The van der Waals surface area contributed by atoms with Crippen LogP contribution in [0, 0.1) is 41.4 Å². The molecule has 2 aromatic rings. The fraction of sp³-hybridized carbons (Fsp3) is 0.489. The lowest BCUT2D eigenvalue weighted by molar-refractivity contribution is -0.179. The van der Waals surface area contributed by atoms with Gasteiger partial charge in [0, 0.05) is 52.8 Å². The Labute approximate surface area is 326 Å². The summed E-state index contributed by atoms with van der Waals surface area (Å²) in [6.45, 7) is 16.6. The molecule has 1 aliphatic rings. The molecule has 0 spiro atoms. The summed E-state index contributed by atoms with van der Waals surface area (Å²) in [6, 6.07) is 15.5. The predicted molar refractivity (Wildman–Crippen MR) is 215 cm³/mol. The van der Waals surface area contributed by atoms with Crippen LogP contribution in [-0.4, -0.2) is 74.9 Å². The van der Waals surface area contributed by atoms with Gasteiger partial charge in [-0.1, -0.05) is 121 Å². The molecular formula is C45H61NO9. The Morgan fingerprint density at radius 2 is 1.47 bits per heavy atom. The van der Waals surface area contributed by atoms with Gasteiger partial charge in [-0.05, 0) is 43.5 Å². The largest absolute Gasteiger partial charge is 0.462 e. The highest BCUT2D eigenvalue weighted by atomic mass is 16.6. The third-order valence-corrected chi connectivity index (χ3v) is 10.8. The molecule has 1 saturated heterocycles. The number of aliphatic hydroxyl groups is 4. The summed E-state index contributed by atoms with van der Waals surface area (Å²) in [7, 11) is 0. The van der Waals surface area contributed by atoms with E-state index in [2.05, 4.69) is 11.9 Å². The first kappa shape index (κ1) is 45.0. The van der Waals surface area contributed by atoms with E-state index in [1.807, 2.05) is 58.9 Å². The lowest BCUT2D eigenvalue weighted by Crippen LogP contribution is -2.47. The van der Waals surface area contributed by atoms with Crippen LogP contribution in [0.3, 0.4) is 0 Å². The average Bonchev–Trinajstić information content (AvgIpc) is 3.18. The SMILES string of the molecule is C=C/C=C\[C@H](C)[C@H](OC(=O)Nc1ccc(C(=O)c2ccccc2)cc1)[C@@H](C)[C@H](O)[C@@H](C)C/C=C\[C@H](C)[C@@H](O)[C@@H](C)/C=C\[C@@H](O)C[C@@H]1OC(=O)[C@H](C)[C@@H](O)[C@H]1C. The van der Waals surface area contributed by atoms with E-state index in [1.165, 1.54) is 0 Å². The number of cyclic esters (lactones) is 1. The maximum Gasteiger partial charge on any atom is 0.411 e. The number of nitrogens with one attached hydrogen (secondary N) is 1. The first-order valence-corrected chi connectivity index (χ1v) is 19.3. The molecule has 0 aromatic heterocycles. The Morgan fingerprint density at radius 1 is 0.855 bits per heavy atom. The van der Waals surface area contributed by atoms with Gasteiger partial charge in [0.25, 0.3) is 0 Å². The van der Waals surface area contributed by atoms with Crippen molar-refractivity contribution in [3.8, 4) is 0 Å². The second-order valence-electron chi connectivity index (χ2n) is 15.2. The molecule has 0 unspecified atom stereocenters. The molecule has 5 N–H and O–H groups in total. The van der Waals surface area contributed by atoms with E-state index < -0.39 is 60.5 Å². The number of carbonyl (C=O) groups excluding carboxylic acids is 3. The molecule has 300 valence electrons. The van der Waals surface area contributed by atoms with Crippen LogP contribution in [0.25, 0.3) is 0 Å². The maximum atomic E-state index is 13.1. The van der Waals surface area contributed by atoms with Gasteiger partial charge in [0.05, 0.1) is 30.3 Å². The molecule has 3 rings (SSSR count). The second-order valence-corrected chi connectivity index (χ2v) is 15.2. The number of ether oxygens (including phenoxy) is 2. The minimum atomic E-state index is -0.914. The van der Waals surface area contributed by atoms with Gasteiger partial charge >= 0.3 is 12.1 Å². The fourth-order valence-electron chi connectivity index (χ4n) is 6.92. The molecule has 1 heterocycles. The molecule has 1 fully saturated rings. The zero-order valence-corrected chi connectivity index (χ0v) is 33.2. The van der Waals surface area contributed by atoms with Crippen LogP contribution in [0.5, 0.6) is 0 Å². The van der Waals surface area contributed by atoms with E-state index in [0.29, 0.717) is 23.2 Å². The van der Waals surface area contributed by atoms with Crippen molar-refractivity contribution in [3.05, 3.63) is 115 Å². The van der Waals surface area contributed by atoms with Gasteiger partial charge in [-0.15, -0.1) is 0 Å². The van der Waals surface area contributed by atoms with Gasteiger partial charge in [0.15, 0.2) is 5.78 Å². The van der Waals surface area contributed by atoms with Crippen LogP contribution in [-0.2, 0) is 14.3 Å². The highest BCUT2D eigenvalue weighted by Crippen LogP contribution is 2.30. The van der Waals surface area contributed by atoms with Crippen molar-refractivity contribution < 1.29 is 44.3 Å². The molecule has 1 aliphatic heterocycles. The van der Waals surface area contributed by atoms with Gasteiger partial charge in [-0.2, -0.15) is 0 Å². The first-order valence-electron chi connectivity index (χ1n) is 19.3. The minimum absolute atomic E-state index is 0.122. The summed E-state index contributed by atoms with van der Waals surface area (Å²) in [6.07, 6.45) is 7.82. The van der Waals surface area contributed by atoms with Gasteiger partial charge in [-0.25, -0.2) is 4.79 Å². The van der Waals surface area contributed by atoms with Crippen LogP contribution < -0.4 is 5.32 Å². The molecule has 10 nitrogen and oxygen atoms in total. The highest BCUT2D eigenvalue weighted by molar-refractivity contribution is 6.09. The van der Waals surface area contributed by atoms with Crippen molar-refractivity contribution in [3.63, 3.8) is 0 Å². The van der Waals surface area contributed by atoms with Crippen LogP contribution >= 0.6 is 0 Å². The number of carbonyl (C=O) groups is 3. The Balaban J connectivity index is 1.55. The van der Waals surface area contributed by atoms with Crippen molar-refractivity contribution in [2.45, 2.75) is 97.9 Å². The highest BCUT2D eigenvalue weighted by Gasteiger charge is 2.41. The second kappa shape index (κ2) is 21.7. The van der Waals surface area contributed by atoms with E-state index in [9.17, 15) is 34.8 Å². The lowest BCUT2D eigenvalue weighted by atomic mass is 9.82. The zero-order valence-electron chi connectivity index (χ0n) is 33.2. The topological polar surface area (TPSA) is 163 Å². The number of benzene rings is 2. The number of aliphatic hydroxyl groups excluding tert-OH is 4. The number of anilines is 1. The summed E-state index contributed by atoms with van der Waals surface area (Å²) in [5.41, 5.74) is 1.52.